The van der Waals surface area contributed by atoms with Crippen LogP contribution < -0.4 is 4.90 Å². The number of benzene rings is 1. The van der Waals surface area contributed by atoms with Gasteiger partial charge in [-0.25, -0.2) is 0 Å². The third kappa shape index (κ3) is 2.22. The lowest BCUT2D eigenvalue weighted by Crippen LogP contribution is -2.22. The average Bonchev–Trinajstić information content (AvgIpc) is 2.58. The van der Waals surface area contributed by atoms with Crippen molar-refractivity contribution in [3.8, 4) is 0 Å². The summed E-state index contributed by atoms with van der Waals surface area (Å²) in [4.78, 5) is 12.0. The van der Waals surface area contributed by atoms with Gasteiger partial charge >= 0.3 is 0 Å². The Hall–Kier alpha value is -1.66. The fourth-order valence-corrected chi connectivity index (χ4v) is 2.07. The molecule has 6 heteroatoms. The number of aliphatic hydroxyl groups is 2. The maximum absolute atomic E-state index is 10.6. The highest BCUT2D eigenvalue weighted by atomic mass is 16.6. The van der Waals surface area contributed by atoms with Gasteiger partial charge in [0.2, 0.25) is 0 Å². The zero-order valence-corrected chi connectivity index (χ0v) is 9.41. The molecule has 0 radical (unpaired) electrons. The Bertz CT molecular complexity index is 439. The Morgan fingerprint density at radius 3 is 2.41 bits per heavy atom. The van der Waals surface area contributed by atoms with Gasteiger partial charge in [-0.05, 0) is 18.6 Å². The third-order valence-electron chi connectivity index (χ3n) is 2.99. The minimum Gasteiger partial charge on any atom is -0.389 e. The molecule has 0 amide bonds. The van der Waals surface area contributed by atoms with E-state index in [1.807, 2.05) is 4.90 Å². The van der Waals surface area contributed by atoms with Gasteiger partial charge in [-0.3, -0.25) is 10.1 Å². The molecule has 1 fully saturated rings. The maximum Gasteiger partial charge on any atom is 0.269 e. The molecule has 1 aromatic carbocycles. The molecule has 92 valence electrons. The number of hydrogen-bond acceptors (Lipinski definition) is 5. The lowest BCUT2D eigenvalue weighted by atomic mass is 10.1. The van der Waals surface area contributed by atoms with Crippen molar-refractivity contribution < 1.29 is 15.1 Å². The second kappa shape index (κ2) is 4.31. The monoisotopic (exact) mass is 238 g/mol. The lowest BCUT2D eigenvalue weighted by Gasteiger charge is -2.19. The minimum absolute atomic E-state index is 0.0477. The Kier molecular flexibility index (Phi) is 2.99. The molecule has 0 saturated carbocycles. The van der Waals surface area contributed by atoms with E-state index in [9.17, 15) is 20.3 Å². The number of anilines is 1. The van der Waals surface area contributed by atoms with Gasteiger partial charge in [-0.2, -0.15) is 0 Å². The highest BCUT2D eigenvalue weighted by Gasteiger charge is 2.30. The molecule has 2 atom stereocenters. The second-order valence-corrected chi connectivity index (χ2v) is 4.27. The van der Waals surface area contributed by atoms with Crippen molar-refractivity contribution in [2.45, 2.75) is 19.1 Å². The smallest absolute Gasteiger partial charge is 0.269 e. The van der Waals surface area contributed by atoms with E-state index in [4.69, 9.17) is 0 Å². The summed E-state index contributed by atoms with van der Waals surface area (Å²) in [5.74, 6) is 0. The van der Waals surface area contributed by atoms with Crippen molar-refractivity contribution in [3.05, 3.63) is 33.9 Å². The molecule has 0 aromatic heterocycles. The summed E-state index contributed by atoms with van der Waals surface area (Å²) in [6.07, 6.45) is -1.52. The minimum atomic E-state index is -0.760. The number of non-ortho nitro benzene ring substituents is 1. The third-order valence-corrected chi connectivity index (χ3v) is 2.99. The van der Waals surface area contributed by atoms with Crippen LogP contribution in [-0.2, 0) is 0 Å². The zero-order chi connectivity index (χ0) is 12.6. The fraction of sp³-hybridized carbons (Fsp3) is 0.455. The van der Waals surface area contributed by atoms with Crippen LogP contribution >= 0.6 is 0 Å². The highest BCUT2D eigenvalue weighted by Crippen LogP contribution is 2.27. The number of aliphatic hydroxyl groups excluding tert-OH is 2. The summed E-state index contributed by atoms with van der Waals surface area (Å²) in [6.45, 7) is 2.47. The van der Waals surface area contributed by atoms with Crippen LogP contribution in [0.3, 0.4) is 0 Å². The van der Waals surface area contributed by atoms with Crippen molar-refractivity contribution in [3.63, 3.8) is 0 Å². The molecule has 1 aliphatic heterocycles. The Labute approximate surface area is 98.3 Å². The van der Waals surface area contributed by atoms with Crippen LogP contribution in [0.25, 0.3) is 0 Å². The summed E-state index contributed by atoms with van der Waals surface area (Å²) in [7, 11) is 0. The summed E-state index contributed by atoms with van der Waals surface area (Å²) in [6, 6.07) is 4.57. The predicted molar refractivity (Wildman–Crippen MR) is 62.1 cm³/mol. The number of β-amino-alcohol motifs (C(OH)–C–C–N with tert-alkyl or cyclic N) is 2. The normalized spacial score (nSPS) is 24.1. The van der Waals surface area contributed by atoms with Gasteiger partial charge in [0.1, 0.15) is 0 Å². The molecule has 0 aliphatic carbocycles. The first-order valence-corrected chi connectivity index (χ1v) is 5.35. The molecule has 2 N–H and O–H groups in total. The van der Waals surface area contributed by atoms with Crippen LogP contribution in [0.4, 0.5) is 11.4 Å². The molecule has 1 heterocycles. The number of rotatable bonds is 2. The van der Waals surface area contributed by atoms with Crippen LogP contribution in [0.15, 0.2) is 18.2 Å². The van der Waals surface area contributed by atoms with Crippen molar-refractivity contribution >= 4 is 11.4 Å². The van der Waals surface area contributed by atoms with Crippen molar-refractivity contribution in [2.75, 3.05) is 18.0 Å². The molecule has 1 saturated heterocycles. The van der Waals surface area contributed by atoms with Gasteiger partial charge in [-0.1, -0.05) is 0 Å². The van der Waals surface area contributed by atoms with Crippen LogP contribution in [0.5, 0.6) is 0 Å². The molecule has 2 unspecified atom stereocenters. The van der Waals surface area contributed by atoms with E-state index in [1.54, 1.807) is 13.0 Å². The Morgan fingerprint density at radius 2 is 1.94 bits per heavy atom. The SMILES string of the molecule is Cc1cc([N+](=O)[O-])ccc1N1CC(O)C(O)C1. The van der Waals surface area contributed by atoms with Crippen molar-refractivity contribution in [2.24, 2.45) is 0 Å². The summed E-state index contributed by atoms with van der Waals surface area (Å²) >= 11 is 0. The van der Waals surface area contributed by atoms with Gasteiger partial charge in [-0.15, -0.1) is 0 Å². The van der Waals surface area contributed by atoms with E-state index >= 15 is 0 Å². The van der Waals surface area contributed by atoms with Crippen LogP contribution in [-0.4, -0.2) is 40.4 Å². The molecule has 2 rings (SSSR count). The topological polar surface area (TPSA) is 86.8 Å². The summed E-state index contributed by atoms with van der Waals surface area (Å²) in [5.41, 5.74) is 1.62. The van der Waals surface area contributed by atoms with Gasteiger partial charge < -0.3 is 15.1 Å². The van der Waals surface area contributed by atoms with Crippen molar-refractivity contribution in [1.82, 2.24) is 0 Å². The standard InChI is InChI=1S/C11H14N2O4/c1-7-4-8(13(16)17)2-3-9(7)12-5-10(14)11(15)6-12/h2-4,10-11,14-15H,5-6H2,1H3. The number of nitro groups is 1. The molecular formula is C11H14N2O4. The maximum atomic E-state index is 10.6. The second-order valence-electron chi connectivity index (χ2n) is 4.27. The lowest BCUT2D eigenvalue weighted by molar-refractivity contribution is -0.384. The van der Waals surface area contributed by atoms with E-state index in [-0.39, 0.29) is 5.69 Å². The Balaban J connectivity index is 2.26. The van der Waals surface area contributed by atoms with Gasteiger partial charge in [0.05, 0.1) is 17.1 Å². The molecule has 1 aromatic rings. The number of hydrogen-bond donors (Lipinski definition) is 2. The fourth-order valence-electron chi connectivity index (χ4n) is 2.07. The quantitative estimate of drug-likeness (QED) is 0.577. The van der Waals surface area contributed by atoms with E-state index < -0.39 is 17.1 Å². The van der Waals surface area contributed by atoms with Gasteiger partial charge in [0.15, 0.2) is 0 Å². The van der Waals surface area contributed by atoms with E-state index in [0.717, 1.165) is 11.3 Å². The predicted octanol–water partition coefficient (Wildman–Crippen LogP) is 0.445. The van der Waals surface area contributed by atoms with Crippen molar-refractivity contribution in [1.29, 1.82) is 0 Å². The van der Waals surface area contributed by atoms with Crippen LogP contribution in [0.2, 0.25) is 0 Å². The summed E-state index contributed by atoms with van der Waals surface area (Å²) in [5, 5.41) is 29.5. The van der Waals surface area contributed by atoms with Crippen LogP contribution in [0, 0.1) is 17.0 Å². The van der Waals surface area contributed by atoms with Gasteiger partial charge in [0.25, 0.3) is 5.69 Å². The largest absolute Gasteiger partial charge is 0.389 e. The molecule has 0 bridgehead atoms. The van der Waals surface area contributed by atoms with Crippen LogP contribution in [0.1, 0.15) is 5.56 Å². The molecule has 17 heavy (non-hydrogen) atoms. The first-order chi connectivity index (χ1) is 7.99. The number of nitro benzene ring substituents is 1. The number of aryl methyl sites for hydroxylation is 1. The zero-order valence-electron chi connectivity index (χ0n) is 9.41. The first-order valence-electron chi connectivity index (χ1n) is 5.35. The molecule has 0 spiro atoms. The molecule has 6 nitrogen and oxygen atoms in total. The number of nitrogens with zero attached hydrogens (tertiary/aromatic N) is 2. The molecule has 1 aliphatic rings. The van der Waals surface area contributed by atoms with E-state index in [2.05, 4.69) is 0 Å². The average molecular weight is 238 g/mol. The Morgan fingerprint density at radius 1 is 1.35 bits per heavy atom. The van der Waals surface area contributed by atoms with E-state index in [0.29, 0.717) is 13.1 Å². The summed E-state index contributed by atoms with van der Waals surface area (Å²) < 4.78 is 0. The van der Waals surface area contributed by atoms with Gasteiger partial charge in [0, 0.05) is 30.9 Å². The van der Waals surface area contributed by atoms with E-state index in [1.165, 1.54) is 12.1 Å². The molecular weight excluding hydrogens is 224 g/mol. The first kappa shape index (κ1) is 11.8. The highest BCUT2D eigenvalue weighted by molar-refractivity contribution is 5.58.